The minimum Gasteiger partial charge on any atom is -0.325 e. The molecule has 2 aromatic rings. The van der Waals surface area contributed by atoms with E-state index in [-0.39, 0.29) is 28.2 Å². The predicted molar refractivity (Wildman–Crippen MR) is 105 cm³/mol. The summed E-state index contributed by atoms with van der Waals surface area (Å²) in [6, 6.07) is 13.5. The lowest BCUT2D eigenvalue weighted by atomic mass is 10.2. The molecule has 2 aromatic carbocycles. The van der Waals surface area contributed by atoms with Gasteiger partial charge in [0.05, 0.1) is 16.4 Å². The van der Waals surface area contributed by atoms with Crippen LogP contribution in [0.3, 0.4) is 0 Å². The van der Waals surface area contributed by atoms with Crippen LogP contribution in [0.5, 0.6) is 0 Å². The quantitative estimate of drug-likeness (QED) is 0.756. The van der Waals surface area contributed by atoms with E-state index >= 15 is 0 Å². The van der Waals surface area contributed by atoms with Gasteiger partial charge in [0.1, 0.15) is 0 Å². The zero-order chi connectivity index (χ0) is 19.2. The SMILES string of the molecule is Cc1ccc(NC(=O)CSCC(=O)Nc2cccc(S(C)(=O)=O)c2)cc1. The molecule has 2 rings (SSSR count). The Morgan fingerprint density at radius 1 is 0.923 bits per heavy atom. The number of anilines is 2. The van der Waals surface area contributed by atoms with Gasteiger partial charge in [-0.2, -0.15) is 0 Å². The topological polar surface area (TPSA) is 92.3 Å². The first kappa shape index (κ1) is 20.0. The van der Waals surface area contributed by atoms with Gasteiger partial charge in [-0.25, -0.2) is 8.42 Å². The minimum absolute atomic E-state index is 0.0877. The van der Waals surface area contributed by atoms with Gasteiger partial charge < -0.3 is 10.6 Å². The molecule has 0 atom stereocenters. The van der Waals surface area contributed by atoms with E-state index in [1.165, 1.54) is 23.9 Å². The third-order valence-electron chi connectivity index (χ3n) is 3.35. The van der Waals surface area contributed by atoms with E-state index in [1.807, 2.05) is 31.2 Å². The van der Waals surface area contributed by atoms with E-state index < -0.39 is 9.84 Å². The normalized spacial score (nSPS) is 11.0. The zero-order valence-corrected chi connectivity index (χ0v) is 16.1. The maximum Gasteiger partial charge on any atom is 0.234 e. The minimum atomic E-state index is -3.33. The first-order chi connectivity index (χ1) is 12.2. The van der Waals surface area contributed by atoms with Crippen molar-refractivity contribution in [2.75, 3.05) is 28.4 Å². The van der Waals surface area contributed by atoms with Crippen LogP contribution < -0.4 is 10.6 Å². The number of amides is 2. The fraction of sp³-hybridized carbons (Fsp3) is 0.222. The summed E-state index contributed by atoms with van der Waals surface area (Å²) >= 11 is 1.18. The molecule has 0 aliphatic rings. The lowest BCUT2D eigenvalue weighted by molar-refractivity contribution is -0.114. The van der Waals surface area contributed by atoms with E-state index in [9.17, 15) is 18.0 Å². The van der Waals surface area contributed by atoms with Gasteiger partial charge in [0, 0.05) is 17.6 Å². The second-order valence-electron chi connectivity index (χ2n) is 5.76. The fourth-order valence-electron chi connectivity index (χ4n) is 2.07. The molecule has 0 aromatic heterocycles. The Morgan fingerprint density at radius 2 is 1.50 bits per heavy atom. The van der Waals surface area contributed by atoms with E-state index in [2.05, 4.69) is 10.6 Å². The van der Waals surface area contributed by atoms with E-state index in [4.69, 9.17) is 0 Å². The molecule has 0 aliphatic heterocycles. The van der Waals surface area contributed by atoms with Crippen LogP contribution in [0.4, 0.5) is 11.4 Å². The number of aryl methyl sites for hydroxylation is 1. The molecule has 0 heterocycles. The van der Waals surface area contributed by atoms with Crippen LogP contribution in [0.15, 0.2) is 53.4 Å². The maximum absolute atomic E-state index is 11.9. The highest BCUT2D eigenvalue weighted by Crippen LogP contribution is 2.16. The molecule has 26 heavy (non-hydrogen) atoms. The van der Waals surface area contributed by atoms with Gasteiger partial charge in [-0.3, -0.25) is 9.59 Å². The Labute approximate surface area is 157 Å². The van der Waals surface area contributed by atoms with Crippen LogP contribution in [0.25, 0.3) is 0 Å². The fourth-order valence-corrected chi connectivity index (χ4v) is 3.36. The number of benzene rings is 2. The Morgan fingerprint density at radius 3 is 2.08 bits per heavy atom. The number of hydrogen-bond donors (Lipinski definition) is 2. The molecule has 0 aliphatic carbocycles. The second kappa shape index (κ2) is 8.86. The van der Waals surface area contributed by atoms with Crippen molar-refractivity contribution in [1.29, 1.82) is 0 Å². The Balaban J connectivity index is 1.78. The van der Waals surface area contributed by atoms with Gasteiger partial charge in [0.25, 0.3) is 0 Å². The Hall–Kier alpha value is -2.32. The highest BCUT2D eigenvalue weighted by Gasteiger charge is 2.10. The van der Waals surface area contributed by atoms with Crippen LogP contribution >= 0.6 is 11.8 Å². The van der Waals surface area contributed by atoms with Crippen LogP contribution in [-0.4, -0.2) is 38.0 Å². The number of hydrogen-bond acceptors (Lipinski definition) is 5. The van der Waals surface area contributed by atoms with Crippen LogP contribution in [0.1, 0.15) is 5.56 Å². The number of carbonyl (C=O) groups excluding carboxylic acids is 2. The van der Waals surface area contributed by atoms with Crippen LogP contribution in [-0.2, 0) is 19.4 Å². The summed E-state index contributed by atoms with van der Waals surface area (Å²) in [6.07, 6.45) is 1.11. The van der Waals surface area contributed by atoms with Crippen molar-refractivity contribution in [2.45, 2.75) is 11.8 Å². The number of rotatable bonds is 7. The molecule has 0 saturated carbocycles. The average Bonchev–Trinajstić information content (AvgIpc) is 2.56. The summed E-state index contributed by atoms with van der Waals surface area (Å²) in [4.78, 5) is 23.9. The standard InChI is InChI=1S/C18H20N2O4S2/c1-13-6-8-14(9-7-13)19-17(21)11-25-12-18(22)20-15-4-3-5-16(10-15)26(2,23)24/h3-10H,11-12H2,1-2H3,(H,19,21)(H,20,22). The molecule has 8 heteroatoms. The van der Waals surface area contributed by atoms with Crippen LogP contribution in [0.2, 0.25) is 0 Å². The summed E-state index contributed by atoms with van der Waals surface area (Å²) < 4.78 is 23.1. The molecule has 0 fully saturated rings. The molecule has 0 bridgehead atoms. The molecule has 0 spiro atoms. The number of carbonyl (C=O) groups is 2. The predicted octanol–water partition coefficient (Wildman–Crippen LogP) is 2.71. The van der Waals surface area contributed by atoms with Gasteiger partial charge in [-0.05, 0) is 37.3 Å². The van der Waals surface area contributed by atoms with Gasteiger partial charge in [0.15, 0.2) is 9.84 Å². The maximum atomic E-state index is 11.9. The first-order valence-electron chi connectivity index (χ1n) is 7.78. The number of nitrogens with one attached hydrogen (secondary N) is 2. The molecular formula is C18H20N2O4S2. The molecule has 0 radical (unpaired) electrons. The second-order valence-corrected chi connectivity index (χ2v) is 8.76. The highest BCUT2D eigenvalue weighted by molar-refractivity contribution is 8.00. The van der Waals surface area contributed by atoms with Crippen molar-refractivity contribution < 1.29 is 18.0 Å². The lowest BCUT2D eigenvalue weighted by Gasteiger charge is -2.07. The summed E-state index contributed by atoms with van der Waals surface area (Å²) in [6.45, 7) is 1.96. The van der Waals surface area contributed by atoms with Crippen molar-refractivity contribution >= 4 is 44.8 Å². The summed E-state index contributed by atoms with van der Waals surface area (Å²) in [5.74, 6) is -0.260. The monoisotopic (exact) mass is 392 g/mol. The lowest BCUT2D eigenvalue weighted by Crippen LogP contribution is -2.18. The van der Waals surface area contributed by atoms with E-state index in [0.717, 1.165) is 11.8 Å². The van der Waals surface area contributed by atoms with Gasteiger partial charge in [0.2, 0.25) is 11.8 Å². The van der Waals surface area contributed by atoms with Crippen molar-refractivity contribution in [1.82, 2.24) is 0 Å². The highest BCUT2D eigenvalue weighted by atomic mass is 32.2. The van der Waals surface area contributed by atoms with Gasteiger partial charge in [-0.15, -0.1) is 11.8 Å². The van der Waals surface area contributed by atoms with Crippen molar-refractivity contribution in [3.63, 3.8) is 0 Å². The van der Waals surface area contributed by atoms with Gasteiger partial charge >= 0.3 is 0 Å². The van der Waals surface area contributed by atoms with Crippen LogP contribution in [0, 0.1) is 6.92 Å². The average molecular weight is 393 g/mol. The zero-order valence-electron chi connectivity index (χ0n) is 14.5. The first-order valence-corrected chi connectivity index (χ1v) is 10.8. The van der Waals surface area contributed by atoms with E-state index in [0.29, 0.717) is 11.4 Å². The van der Waals surface area contributed by atoms with Crippen molar-refractivity contribution in [2.24, 2.45) is 0 Å². The smallest absolute Gasteiger partial charge is 0.234 e. The molecular weight excluding hydrogens is 372 g/mol. The molecule has 2 N–H and O–H groups in total. The third-order valence-corrected chi connectivity index (χ3v) is 5.39. The van der Waals surface area contributed by atoms with Crippen molar-refractivity contribution in [3.05, 3.63) is 54.1 Å². The third kappa shape index (κ3) is 6.53. The molecule has 0 saturated heterocycles. The molecule has 0 unspecified atom stereocenters. The Bertz CT molecular complexity index is 894. The summed E-state index contributed by atoms with van der Waals surface area (Å²) in [5, 5.41) is 5.39. The Kier molecular flexibility index (Phi) is 6.82. The largest absolute Gasteiger partial charge is 0.325 e. The van der Waals surface area contributed by atoms with Gasteiger partial charge in [-0.1, -0.05) is 23.8 Å². The van der Waals surface area contributed by atoms with E-state index in [1.54, 1.807) is 12.1 Å². The molecule has 2 amide bonds. The number of thioether (sulfide) groups is 1. The number of sulfone groups is 1. The summed E-state index contributed by atoms with van der Waals surface area (Å²) in [7, 11) is -3.33. The van der Waals surface area contributed by atoms with Crippen molar-refractivity contribution in [3.8, 4) is 0 Å². The summed E-state index contributed by atoms with van der Waals surface area (Å²) in [5.41, 5.74) is 2.22. The molecule has 6 nitrogen and oxygen atoms in total. The molecule has 138 valence electrons.